The molecule has 0 spiro atoms. The molecule has 0 unspecified atom stereocenters. The first kappa shape index (κ1) is 14.3. The first-order chi connectivity index (χ1) is 9.61. The van der Waals surface area contributed by atoms with E-state index in [0.29, 0.717) is 11.1 Å². The van der Waals surface area contributed by atoms with Crippen molar-refractivity contribution in [1.29, 1.82) is 0 Å². The maximum absolute atomic E-state index is 13.6. The van der Waals surface area contributed by atoms with Crippen LogP contribution in [-0.4, -0.2) is 17.9 Å². The zero-order valence-corrected chi connectivity index (χ0v) is 11.8. The Morgan fingerprint density at radius 1 is 1.10 bits per heavy atom. The molecule has 3 heteroatoms. The fourth-order valence-electron chi connectivity index (χ4n) is 2.06. The molecule has 0 aromatic heterocycles. The predicted molar refractivity (Wildman–Crippen MR) is 78.0 cm³/mol. The molecule has 0 heterocycles. The molecular weight excluding hydrogens is 253 g/mol. The molecule has 0 aliphatic rings. The summed E-state index contributed by atoms with van der Waals surface area (Å²) in [5.41, 5.74) is 2.34. The van der Waals surface area contributed by atoms with Crippen molar-refractivity contribution in [2.24, 2.45) is 0 Å². The highest BCUT2D eigenvalue weighted by Gasteiger charge is 2.13. The molecule has 0 N–H and O–H groups in total. The van der Waals surface area contributed by atoms with E-state index >= 15 is 0 Å². The fourth-order valence-corrected chi connectivity index (χ4v) is 2.06. The Morgan fingerprint density at radius 2 is 1.75 bits per heavy atom. The third kappa shape index (κ3) is 3.23. The van der Waals surface area contributed by atoms with E-state index in [1.54, 1.807) is 25.2 Å². The molecule has 0 fully saturated rings. The minimum Gasteiger partial charge on any atom is -0.337 e. The van der Waals surface area contributed by atoms with Gasteiger partial charge in [-0.2, -0.15) is 0 Å². The van der Waals surface area contributed by atoms with Crippen molar-refractivity contribution in [2.45, 2.75) is 19.9 Å². The van der Waals surface area contributed by atoms with Crippen LogP contribution in [0.25, 0.3) is 0 Å². The van der Waals surface area contributed by atoms with Crippen molar-refractivity contribution < 1.29 is 9.18 Å². The molecule has 0 atom stereocenters. The smallest absolute Gasteiger partial charge is 0.253 e. The van der Waals surface area contributed by atoms with Crippen LogP contribution >= 0.6 is 0 Å². The molecule has 20 heavy (non-hydrogen) atoms. The maximum Gasteiger partial charge on any atom is 0.253 e. The Morgan fingerprint density at radius 3 is 2.35 bits per heavy atom. The summed E-state index contributed by atoms with van der Waals surface area (Å²) in [4.78, 5) is 13.8. The molecule has 2 aromatic carbocycles. The number of rotatable bonds is 4. The molecule has 0 radical (unpaired) electrons. The molecule has 0 aliphatic carbocycles. The number of hydrogen-bond donors (Lipinski definition) is 0. The minimum atomic E-state index is -0.284. The summed E-state index contributed by atoms with van der Waals surface area (Å²) in [6, 6.07) is 14.0. The molecule has 2 aromatic rings. The quantitative estimate of drug-likeness (QED) is 0.831. The summed E-state index contributed by atoms with van der Waals surface area (Å²) >= 11 is 0. The predicted octanol–water partition coefficient (Wildman–Crippen LogP) is 3.66. The van der Waals surface area contributed by atoms with Crippen LogP contribution in [0.1, 0.15) is 28.4 Å². The van der Waals surface area contributed by atoms with Crippen LogP contribution < -0.4 is 0 Å². The Kier molecular flexibility index (Phi) is 4.51. The average molecular weight is 271 g/mol. The van der Waals surface area contributed by atoms with E-state index in [9.17, 15) is 9.18 Å². The van der Waals surface area contributed by atoms with Crippen molar-refractivity contribution >= 4 is 5.91 Å². The van der Waals surface area contributed by atoms with Crippen LogP contribution in [0.2, 0.25) is 0 Å². The molecule has 1 amide bonds. The van der Waals surface area contributed by atoms with Gasteiger partial charge in [-0.25, -0.2) is 4.39 Å². The molecule has 104 valence electrons. The van der Waals surface area contributed by atoms with E-state index in [1.807, 2.05) is 24.3 Å². The van der Waals surface area contributed by atoms with E-state index in [4.69, 9.17) is 0 Å². The number of carbonyl (C=O) groups is 1. The van der Waals surface area contributed by atoms with Gasteiger partial charge >= 0.3 is 0 Å². The van der Waals surface area contributed by atoms with Gasteiger partial charge in [0.25, 0.3) is 5.91 Å². The molecule has 2 nitrogen and oxygen atoms in total. The van der Waals surface area contributed by atoms with Gasteiger partial charge < -0.3 is 4.90 Å². The van der Waals surface area contributed by atoms with E-state index < -0.39 is 0 Å². The minimum absolute atomic E-state index is 0.101. The molecule has 0 saturated heterocycles. The topological polar surface area (TPSA) is 20.3 Å². The van der Waals surface area contributed by atoms with Crippen molar-refractivity contribution in [3.05, 3.63) is 71.0 Å². The van der Waals surface area contributed by atoms with Gasteiger partial charge in [0.05, 0.1) is 0 Å². The third-order valence-electron chi connectivity index (χ3n) is 3.32. The summed E-state index contributed by atoms with van der Waals surface area (Å²) in [7, 11) is 1.68. The standard InChI is InChI=1S/C17H18FNO/c1-3-13-8-10-14(11-9-13)17(20)19(2)12-15-6-4-5-7-16(15)18/h4-11H,3,12H2,1-2H3. The highest BCUT2D eigenvalue weighted by atomic mass is 19.1. The Labute approximate surface area is 118 Å². The number of aryl methyl sites for hydroxylation is 1. The number of carbonyl (C=O) groups excluding carboxylic acids is 1. The molecule has 0 bridgehead atoms. The number of nitrogens with zero attached hydrogens (tertiary/aromatic N) is 1. The fraction of sp³-hybridized carbons (Fsp3) is 0.235. The van der Waals surface area contributed by atoms with Crippen molar-refractivity contribution in [3.63, 3.8) is 0 Å². The van der Waals surface area contributed by atoms with Crippen LogP contribution in [0.5, 0.6) is 0 Å². The summed E-state index contributed by atoms with van der Waals surface area (Å²) in [5.74, 6) is -0.385. The monoisotopic (exact) mass is 271 g/mol. The largest absolute Gasteiger partial charge is 0.337 e. The second-order valence-electron chi connectivity index (χ2n) is 4.80. The van der Waals surface area contributed by atoms with Crippen LogP contribution in [0, 0.1) is 5.82 Å². The van der Waals surface area contributed by atoms with Crippen molar-refractivity contribution in [2.75, 3.05) is 7.05 Å². The normalized spacial score (nSPS) is 10.3. The van der Waals surface area contributed by atoms with E-state index in [1.165, 1.54) is 16.5 Å². The van der Waals surface area contributed by atoms with Gasteiger partial charge in [-0.1, -0.05) is 37.3 Å². The number of halogens is 1. The summed E-state index contributed by atoms with van der Waals surface area (Å²) in [6.45, 7) is 2.34. The Bertz CT molecular complexity index is 592. The molecular formula is C17H18FNO. The van der Waals surface area contributed by atoms with Crippen LogP contribution in [0.3, 0.4) is 0 Å². The lowest BCUT2D eigenvalue weighted by molar-refractivity contribution is 0.0784. The van der Waals surface area contributed by atoms with Crippen LogP contribution in [-0.2, 0) is 13.0 Å². The third-order valence-corrected chi connectivity index (χ3v) is 3.32. The summed E-state index contributed by atoms with van der Waals surface area (Å²) in [6.07, 6.45) is 0.944. The van der Waals surface area contributed by atoms with Gasteiger partial charge in [0, 0.05) is 24.7 Å². The van der Waals surface area contributed by atoms with Gasteiger partial charge in [0.2, 0.25) is 0 Å². The summed E-state index contributed by atoms with van der Waals surface area (Å²) in [5, 5.41) is 0. The lowest BCUT2D eigenvalue weighted by atomic mass is 10.1. The van der Waals surface area contributed by atoms with E-state index in [-0.39, 0.29) is 18.3 Å². The lowest BCUT2D eigenvalue weighted by Crippen LogP contribution is -2.26. The lowest BCUT2D eigenvalue weighted by Gasteiger charge is -2.18. The van der Waals surface area contributed by atoms with Crippen molar-refractivity contribution in [1.82, 2.24) is 4.90 Å². The van der Waals surface area contributed by atoms with Gasteiger partial charge in [-0.05, 0) is 30.2 Å². The van der Waals surface area contributed by atoms with E-state index in [0.717, 1.165) is 6.42 Å². The van der Waals surface area contributed by atoms with Crippen molar-refractivity contribution in [3.8, 4) is 0 Å². The highest BCUT2D eigenvalue weighted by molar-refractivity contribution is 5.94. The van der Waals surface area contributed by atoms with Gasteiger partial charge in [0.15, 0.2) is 0 Å². The Hall–Kier alpha value is -2.16. The number of amides is 1. The number of hydrogen-bond acceptors (Lipinski definition) is 1. The highest BCUT2D eigenvalue weighted by Crippen LogP contribution is 2.12. The van der Waals surface area contributed by atoms with Crippen LogP contribution in [0.4, 0.5) is 4.39 Å². The zero-order chi connectivity index (χ0) is 14.5. The van der Waals surface area contributed by atoms with Gasteiger partial charge in [-0.15, -0.1) is 0 Å². The first-order valence-corrected chi connectivity index (χ1v) is 6.69. The second kappa shape index (κ2) is 6.33. The second-order valence-corrected chi connectivity index (χ2v) is 4.80. The first-order valence-electron chi connectivity index (χ1n) is 6.69. The van der Waals surface area contributed by atoms with Gasteiger partial charge in [-0.3, -0.25) is 4.79 Å². The molecule has 0 saturated carbocycles. The SMILES string of the molecule is CCc1ccc(C(=O)N(C)Cc2ccccc2F)cc1. The van der Waals surface area contributed by atoms with Gasteiger partial charge in [0.1, 0.15) is 5.82 Å². The van der Waals surface area contributed by atoms with Crippen LogP contribution in [0.15, 0.2) is 48.5 Å². The summed E-state index contributed by atoms with van der Waals surface area (Å²) < 4.78 is 13.6. The zero-order valence-electron chi connectivity index (χ0n) is 11.8. The molecule has 0 aliphatic heterocycles. The Balaban J connectivity index is 2.10. The number of benzene rings is 2. The molecule has 2 rings (SSSR count). The maximum atomic E-state index is 13.6. The average Bonchev–Trinajstić information content (AvgIpc) is 2.49. The van der Waals surface area contributed by atoms with E-state index in [2.05, 4.69) is 6.92 Å².